The van der Waals surface area contributed by atoms with Gasteiger partial charge in [0.05, 0.1) is 0 Å². The van der Waals surface area contributed by atoms with E-state index in [1.54, 1.807) is 12.1 Å². The predicted molar refractivity (Wildman–Crippen MR) is 86.9 cm³/mol. The Morgan fingerprint density at radius 2 is 2.00 bits per heavy atom. The zero-order chi connectivity index (χ0) is 16.2. The maximum atomic E-state index is 12.3. The van der Waals surface area contributed by atoms with Gasteiger partial charge in [-0.2, -0.15) is 4.80 Å². The molecular formula is C15H19ClN6O. The number of rotatable bonds is 4. The lowest BCUT2D eigenvalue weighted by Gasteiger charge is -2.31. The van der Waals surface area contributed by atoms with E-state index in [9.17, 15) is 4.79 Å². The summed E-state index contributed by atoms with van der Waals surface area (Å²) in [6.45, 7) is 1.65. The number of nitrogens with zero attached hydrogens (tertiary/aromatic N) is 5. The van der Waals surface area contributed by atoms with Crippen molar-refractivity contribution in [2.24, 2.45) is 0 Å². The van der Waals surface area contributed by atoms with Gasteiger partial charge < -0.3 is 10.2 Å². The lowest BCUT2D eigenvalue weighted by molar-refractivity contribution is -0.133. The van der Waals surface area contributed by atoms with E-state index in [1.165, 1.54) is 4.80 Å². The number of benzene rings is 1. The monoisotopic (exact) mass is 334 g/mol. The maximum absolute atomic E-state index is 12.3. The van der Waals surface area contributed by atoms with Crippen LogP contribution in [0.15, 0.2) is 24.3 Å². The van der Waals surface area contributed by atoms with Crippen molar-refractivity contribution in [3.63, 3.8) is 0 Å². The summed E-state index contributed by atoms with van der Waals surface area (Å²) in [6, 6.07) is 7.70. The molecule has 122 valence electrons. The smallest absolute Gasteiger partial charge is 0.246 e. The third-order valence-electron chi connectivity index (χ3n) is 4.09. The number of piperidine rings is 1. The van der Waals surface area contributed by atoms with Crippen molar-refractivity contribution in [1.29, 1.82) is 0 Å². The summed E-state index contributed by atoms with van der Waals surface area (Å²) in [6.07, 6.45) is 1.95. The van der Waals surface area contributed by atoms with E-state index in [-0.39, 0.29) is 12.5 Å². The first-order valence-electron chi connectivity index (χ1n) is 7.64. The minimum absolute atomic E-state index is 0.0274. The highest BCUT2D eigenvalue weighted by Gasteiger charge is 2.22. The number of nitrogens with one attached hydrogen (secondary N) is 1. The van der Waals surface area contributed by atoms with Gasteiger partial charge in [-0.3, -0.25) is 4.79 Å². The lowest BCUT2D eigenvalue weighted by atomic mass is 10.1. The molecule has 1 N–H and O–H groups in total. The second-order valence-electron chi connectivity index (χ2n) is 5.59. The molecule has 0 saturated carbocycles. The fourth-order valence-electron chi connectivity index (χ4n) is 2.66. The second-order valence-corrected chi connectivity index (χ2v) is 6.03. The molecule has 0 atom stereocenters. The minimum atomic E-state index is 0.0274. The normalized spacial score (nSPS) is 15.8. The zero-order valence-electron chi connectivity index (χ0n) is 12.9. The number of hydrogen-bond acceptors (Lipinski definition) is 5. The van der Waals surface area contributed by atoms with Crippen molar-refractivity contribution in [2.75, 3.05) is 20.1 Å². The van der Waals surface area contributed by atoms with Gasteiger partial charge in [0.15, 0.2) is 0 Å². The van der Waals surface area contributed by atoms with Gasteiger partial charge in [-0.15, -0.1) is 10.2 Å². The van der Waals surface area contributed by atoms with E-state index in [1.807, 2.05) is 24.1 Å². The molecule has 0 spiro atoms. The molecule has 1 aliphatic heterocycles. The Balaban J connectivity index is 1.60. The van der Waals surface area contributed by atoms with Crippen molar-refractivity contribution in [1.82, 2.24) is 30.4 Å². The maximum Gasteiger partial charge on any atom is 0.246 e. The van der Waals surface area contributed by atoms with Crippen LogP contribution in [0.4, 0.5) is 0 Å². The largest absolute Gasteiger partial charge is 0.341 e. The highest BCUT2D eigenvalue weighted by atomic mass is 35.5. The molecule has 1 aromatic heterocycles. The van der Waals surface area contributed by atoms with E-state index in [4.69, 9.17) is 11.6 Å². The number of carbonyl (C=O) groups is 1. The minimum Gasteiger partial charge on any atom is -0.341 e. The van der Waals surface area contributed by atoms with Crippen LogP contribution >= 0.6 is 11.6 Å². The number of halogens is 1. The highest BCUT2D eigenvalue weighted by molar-refractivity contribution is 6.30. The number of aromatic nitrogens is 4. The number of likely N-dealkylation sites (tertiary alicyclic amines) is 1. The Morgan fingerprint density at radius 1 is 1.30 bits per heavy atom. The van der Waals surface area contributed by atoms with E-state index < -0.39 is 0 Å². The van der Waals surface area contributed by atoms with Crippen LogP contribution in [0.3, 0.4) is 0 Å². The number of hydrogen-bond donors (Lipinski definition) is 1. The van der Waals surface area contributed by atoms with E-state index in [0.717, 1.165) is 31.5 Å². The molecule has 23 heavy (non-hydrogen) atoms. The summed E-state index contributed by atoms with van der Waals surface area (Å²) < 4.78 is 0. The number of amides is 1. The van der Waals surface area contributed by atoms with Gasteiger partial charge in [0, 0.05) is 29.7 Å². The molecule has 1 aromatic carbocycles. The summed E-state index contributed by atoms with van der Waals surface area (Å²) in [7, 11) is 1.96. The first kappa shape index (κ1) is 15.9. The molecule has 3 rings (SSSR count). The van der Waals surface area contributed by atoms with Gasteiger partial charge in [0.1, 0.15) is 6.54 Å². The van der Waals surface area contributed by atoms with Crippen LogP contribution in [0.5, 0.6) is 0 Å². The summed E-state index contributed by atoms with van der Waals surface area (Å²) >= 11 is 5.86. The molecule has 7 nitrogen and oxygen atoms in total. The predicted octanol–water partition coefficient (Wildman–Crippen LogP) is 1.20. The molecule has 0 unspecified atom stereocenters. The van der Waals surface area contributed by atoms with Crippen LogP contribution in [0.25, 0.3) is 11.4 Å². The zero-order valence-corrected chi connectivity index (χ0v) is 13.7. The Labute approximate surface area is 139 Å². The quantitative estimate of drug-likeness (QED) is 0.909. The molecule has 0 radical (unpaired) electrons. The molecule has 0 aliphatic carbocycles. The van der Waals surface area contributed by atoms with Crippen LogP contribution in [0.2, 0.25) is 5.02 Å². The first-order valence-corrected chi connectivity index (χ1v) is 8.02. The molecule has 1 fully saturated rings. The van der Waals surface area contributed by atoms with Crippen molar-refractivity contribution >= 4 is 17.5 Å². The van der Waals surface area contributed by atoms with Gasteiger partial charge in [0.2, 0.25) is 11.7 Å². The van der Waals surface area contributed by atoms with Crippen molar-refractivity contribution in [3.05, 3.63) is 29.3 Å². The van der Waals surface area contributed by atoms with Crippen molar-refractivity contribution in [3.8, 4) is 11.4 Å². The molecule has 1 amide bonds. The Hall–Kier alpha value is -1.99. The first-order chi connectivity index (χ1) is 11.2. The average molecular weight is 335 g/mol. The molecule has 8 heteroatoms. The molecule has 1 saturated heterocycles. The van der Waals surface area contributed by atoms with Crippen molar-refractivity contribution in [2.45, 2.75) is 25.4 Å². The van der Waals surface area contributed by atoms with Crippen LogP contribution in [-0.4, -0.2) is 57.2 Å². The molecule has 0 bridgehead atoms. The van der Waals surface area contributed by atoms with E-state index >= 15 is 0 Å². The fraction of sp³-hybridized carbons (Fsp3) is 0.467. The Morgan fingerprint density at radius 3 is 2.65 bits per heavy atom. The molecule has 2 aromatic rings. The van der Waals surface area contributed by atoms with Gasteiger partial charge >= 0.3 is 0 Å². The van der Waals surface area contributed by atoms with Crippen LogP contribution in [0.1, 0.15) is 12.8 Å². The van der Waals surface area contributed by atoms with Crippen LogP contribution in [-0.2, 0) is 11.3 Å². The summed E-state index contributed by atoms with van der Waals surface area (Å²) in [5, 5.41) is 16.1. The van der Waals surface area contributed by atoms with Gasteiger partial charge in [-0.1, -0.05) is 11.6 Å². The van der Waals surface area contributed by atoms with E-state index in [0.29, 0.717) is 16.9 Å². The number of carbonyl (C=O) groups excluding carboxylic acids is 1. The third-order valence-corrected chi connectivity index (χ3v) is 4.34. The van der Waals surface area contributed by atoms with Gasteiger partial charge in [-0.05, 0) is 49.4 Å². The third kappa shape index (κ3) is 3.86. The van der Waals surface area contributed by atoms with Gasteiger partial charge in [-0.25, -0.2) is 0 Å². The molecule has 2 heterocycles. The molecular weight excluding hydrogens is 316 g/mol. The standard InChI is InChI=1S/C15H19ClN6O/c1-17-13-6-8-21(9-7-13)14(23)10-22-19-15(18-20-22)11-2-4-12(16)5-3-11/h2-5,13,17H,6-10H2,1H3. The lowest BCUT2D eigenvalue weighted by Crippen LogP contribution is -2.45. The Bertz CT molecular complexity index is 663. The molecule has 1 aliphatic rings. The second kappa shape index (κ2) is 7.06. The highest BCUT2D eigenvalue weighted by Crippen LogP contribution is 2.17. The summed E-state index contributed by atoms with van der Waals surface area (Å²) in [4.78, 5) is 15.5. The number of tetrazole rings is 1. The van der Waals surface area contributed by atoms with Crippen LogP contribution in [0, 0.1) is 0 Å². The van der Waals surface area contributed by atoms with Gasteiger partial charge in [0.25, 0.3) is 0 Å². The Kier molecular flexibility index (Phi) is 4.88. The average Bonchev–Trinajstić information content (AvgIpc) is 3.04. The summed E-state index contributed by atoms with van der Waals surface area (Å²) in [5.41, 5.74) is 0.822. The van der Waals surface area contributed by atoms with E-state index in [2.05, 4.69) is 20.7 Å². The SMILES string of the molecule is CNC1CCN(C(=O)Cn2nnc(-c3ccc(Cl)cc3)n2)CC1. The fourth-order valence-corrected chi connectivity index (χ4v) is 2.79. The van der Waals surface area contributed by atoms with Crippen LogP contribution < -0.4 is 5.32 Å². The van der Waals surface area contributed by atoms with Crippen molar-refractivity contribution < 1.29 is 4.79 Å². The summed E-state index contributed by atoms with van der Waals surface area (Å²) in [5.74, 6) is 0.517. The topological polar surface area (TPSA) is 75.9 Å².